The second-order valence-corrected chi connectivity index (χ2v) is 5.38. The molecule has 0 unspecified atom stereocenters. The van der Waals surface area contributed by atoms with Gasteiger partial charge in [-0.15, -0.1) is 0 Å². The van der Waals surface area contributed by atoms with Crippen molar-refractivity contribution in [3.63, 3.8) is 0 Å². The van der Waals surface area contributed by atoms with Crippen LogP contribution in [-0.2, 0) is 10.2 Å². The molecule has 0 spiro atoms. The molecule has 0 radical (unpaired) electrons. The zero-order chi connectivity index (χ0) is 12.3. The maximum atomic E-state index is 8.97. The highest BCUT2D eigenvalue weighted by Gasteiger charge is 2.39. The predicted octanol–water partition coefficient (Wildman–Crippen LogP) is 2.85. The molecule has 0 saturated carbocycles. The number of hydrogen-bond acceptors (Lipinski definition) is 2. The molecule has 0 bridgehead atoms. The van der Waals surface area contributed by atoms with Crippen LogP contribution in [0.1, 0.15) is 43.7 Å². The van der Waals surface area contributed by atoms with Crippen molar-refractivity contribution < 1.29 is 9.84 Å². The summed E-state index contributed by atoms with van der Waals surface area (Å²) in [5.74, 6) is 0.579. The third kappa shape index (κ3) is 2.53. The molecule has 2 rings (SSSR count). The van der Waals surface area contributed by atoms with Crippen LogP contribution in [0.5, 0.6) is 0 Å². The zero-order valence-corrected chi connectivity index (χ0v) is 10.8. The fourth-order valence-corrected chi connectivity index (χ4v) is 2.44. The molecule has 94 valence electrons. The monoisotopic (exact) mass is 234 g/mol. The van der Waals surface area contributed by atoms with Crippen LogP contribution in [-0.4, -0.2) is 24.9 Å². The minimum absolute atomic E-state index is 0.165. The Balaban J connectivity index is 2.14. The smallest absolute Gasteiger partial charge is 0.0585 e. The van der Waals surface area contributed by atoms with Gasteiger partial charge < -0.3 is 9.84 Å². The molecule has 2 heteroatoms. The lowest BCUT2D eigenvalue weighted by Gasteiger charge is -2.42. The summed E-state index contributed by atoms with van der Waals surface area (Å²) in [5.41, 5.74) is 2.91. The molecular formula is C15H22O2. The topological polar surface area (TPSA) is 29.5 Å². The lowest BCUT2D eigenvalue weighted by Crippen LogP contribution is -2.46. The van der Waals surface area contributed by atoms with Gasteiger partial charge in [0.15, 0.2) is 0 Å². The van der Waals surface area contributed by atoms with Crippen molar-refractivity contribution in [1.29, 1.82) is 0 Å². The summed E-state index contributed by atoms with van der Waals surface area (Å²) >= 11 is 0. The molecule has 0 aliphatic carbocycles. The van der Waals surface area contributed by atoms with Crippen LogP contribution in [0.25, 0.3) is 0 Å². The van der Waals surface area contributed by atoms with Gasteiger partial charge in [0.2, 0.25) is 0 Å². The van der Waals surface area contributed by atoms with E-state index in [1.54, 1.807) is 0 Å². The van der Waals surface area contributed by atoms with Gasteiger partial charge >= 0.3 is 0 Å². The maximum Gasteiger partial charge on any atom is 0.0585 e. The largest absolute Gasteiger partial charge is 0.396 e. The van der Waals surface area contributed by atoms with E-state index in [-0.39, 0.29) is 12.0 Å². The Morgan fingerprint density at radius 3 is 2.29 bits per heavy atom. The summed E-state index contributed by atoms with van der Waals surface area (Å²) in [4.78, 5) is 0. The molecule has 1 heterocycles. The Morgan fingerprint density at radius 1 is 1.24 bits per heavy atom. The number of aliphatic hydroxyl groups is 1. The van der Waals surface area contributed by atoms with Crippen LogP contribution in [0.15, 0.2) is 24.3 Å². The van der Waals surface area contributed by atoms with Gasteiger partial charge in [0.1, 0.15) is 0 Å². The van der Waals surface area contributed by atoms with Gasteiger partial charge in [-0.05, 0) is 29.9 Å². The average Bonchev–Trinajstić information content (AvgIpc) is 2.28. The molecule has 0 aromatic heterocycles. The van der Waals surface area contributed by atoms with E-state index in [2.05, 4.69) is 38.1 Å². The van der Waals surface area contributed by atoms with E-state index >= 15 is 0 Å². The Morgan fingerprint density at radius 2 is 1.88 bits per heavy atom. The summed E-state index contributed by atoms with van der Waals surface area (Å²) in [5, 5.41) is 8.97. The fourth-order valence-electron chi connectivity index (χ4n) is 2.44. The van der Waals surface area contributed by atoms with Crippen molar-refractivity contribution in [3.05, 3.63) is 35.4 Å². The number of rotatable bonds is 5. The van der Waals surface area contributed by atoms with Crippen molar-refractivity contribution in [3.8, 4) is 0 Å². The van der Waals surface area contributed by atoms with Gasteiger partial charge in [-0.1, -0.05) is 38.1 Å². The fraction of sp³-hybridized carbons (Fsp3) is 0.600. The van der Waals surface area contributed by atoms with Crippen LogP contribution >= 0.6 is 0 Å². The number of aliphatic hydroxyl groups excluding tert-OH is 1. The molecule has 17 heavy (non-hydrogen) atoms. The van der Waals surface area contributed by atoms with Crippen LogP contribution in [0.2, 0.25) is 0 Å². The van der Waals surface area contributed by atoms with Crippen molar-refractivity contribution in [2.45, 2.75) is 38.0 Å². The molecule has 0 amide bonds. The summed E-state index contributed by atoms with van der Waals surface area (Å²) in [6, 6.07) is 8.91. The third-order valence-electron chi connectivity index (χ3n) is 3.76. The highest BCUT2D eigenvalue weighted by Crippen LogP contribution is 2.37. The second kappa shape index (κ2) is 5.19. The van der Waals surface area contributed by atoms with E-state index in [9.17, 15) is 0 Å². The van der Waals surface area contributed by atoms with Crippen molar-refractivity contribution in [1.82, 2.24) is 0 Å². The molecule has 1 aromatic carbocycles. The summed E-state index contributed by atoms with van der Waals surface area (Å²) in [6.07, 6.45) is 1.87. The molecule has 1 fully saturated rings. The van der Waals surface area contributed by atoms with E-state index in [0.29, 0.717) is 5.92 Å². The maximum absolute atomic E-state index is 8.97. The number of hydrogen-bond donors (Lipinski definition) is 1. The summed E-state index contributed by atoms with van der Waals surface area (Å²) in [7, 11) is 0. The normalized spacial score (nSPS) is 18.1. The highest BCUT2D eigenvalue weighted by molar-refractivity contribution is 5.32. The lowest BCUT2D eigenvalue weighted by atomic mass is 9.74. The first kappa shape index (κ1) is 12.6. The highest BCUT2D eigenvalue weighted by atomic mass is 16.5. The lowest BCUT2D eigenvalue weighted by molar-refractivity contribution is -0.0665. The Hall–Kier alpha value is -0.860. The molecule has 1 N–H and O–H groups in total. The first-order chi connectivity index (χ1) is 8.18. The molecule has 1 saturated heterocycles. The van der Waals surface area contributed by atoms with Crippen molar-refractivity contribution in [2.24, 2.45) is 0 Å². The third-order valence-corrected chi connectivity index (χ3v) is 3.76. The van der Waals surface area contributed by atoms with Gasteiger partial charge in [-0.2, -0.15) is 0 Å². The van der Waals surface area contributed by atoms with Crippen LogP contribution in [0.4, 0.5) is 0 Å². The van der Waals surface area contributed by atoms with E-state index < -0.39 is 0 Å². The first-order valence-electron chi connectivity index (χ1n) is 6.47. The van der Waals surface area contributed by atoms with Crippen molar-refractivity contribution in [2.75, 3.05) is 19.8 Å². The Bertz CT molecular complexity index is 350. The number of benzene rings is 1. The van der Waals surface area contributed by atoms with Gasteiger partial charge in [0.25, 0.3) is 0 Å². The van der Waals surface area contributed by atoms with Crippen LogP contribution in [0, 0.1) is 0 Å². The standard InChI is InChI=1S/C15H22O2/c1-12(2)13-4-6-14(7-5-13)15(8-3-9-16)10-17-11-15/h4-7,12,16H,3,8-11H2,1-2H3. The Kier molecular flexibility index (Phi) is 3.85. The molecule has 0 atom stereocenters. The first-order valence-corrected chi connectivity index (χ1v) is 6.47. The van der Waals surface area contributed by atoms with Crippen molar-refractivity contribution >= 4 is 0 Å². The second-order valence-electron chi connectivity index (χ2n) is 5.38. The van der Waals surface area contributed by atoms with E-state index in [0.717, 1.165) is 26.1 Å². The molecule has 2 nitrogen and oxygen atoms in total. The van der Waals surface area contributed by atoms with Crippen LogP contribution in [0.3, 0.4) is 0 Å². The van der Waals surface area contributed by atoms with E-state index in [1.165, 1.54) is 11.1 Å². The van der Waals surface area contributed by atoms with Crippen LogP contribution < -0.4 is 0 Å². The van der Waals surface area contributed by atoms with E-state index in [1.807, 2.05) is 0 Å². The summed E-state index contributed by atoms with van der Waals surface area (Å²) < 4.78 is 5.39. The zero-order valence-electron chi connectivity index (χ0n) is 10.8. The van der Waals surface area contributed by atoms with Gasteiger partial charge in [-0.25, -0.2) is 0 Å². The van der Waals surface area contributed by atoms with Gasteiger partial charge in [0, 0.05) is 12.0 Å². The van der Waals surface area contributed by atoms with Gasteiger partial charge in [-0.3, -0.25) is 0 Å². The molecule has 1 aliphatic rings. The molecular weight excluding hydrogens is 212 g/mol. The van der Waals surface area contributed by atoms with E-state index in [4.69, 9.17) is 9.84 Å². The number of ether oxygens (including phenoxy) is 1. The Labute approximate surface area is 104 Å². The molecule has 1 aromatic rings. The quantitative estimate of drug-likeness (QED) is 0.849. The summed E-state index contributed by atoms with van der Waals surface area (Å²) in [6.45, 7) is 6.29. The average molecular weight is 234 g/mol. The molecule has 1 aliphatic heterocycles. The SMILES string of the molecule is CC(C)c1ccc(C2(CCCO)COC2)cc1. The minimum atomic E-state index is 0.165. The minimum Gasteiger partial charge on any atom is -0.396 e. The predicted molar refractivity (Wildman–Crippen MR) is 69.3 cm³/mol. The van der Waals surface area contributed by atoms with Gasteiger partial charge in [0.05, 0.1) is 13.2 Å².